The second kappa shape index (κ2) is 13.5. The molecule has 206 valence electrons. The summed E-state index contributed by atoms with van der Waals surface area (Å²) in [5.74, 6) is -4.06. The first-order chi connectivity index (χ1) is 17.8. The fourth-order valence-corrected chi connectivity index (χ4v) is 3.88. The lowest BCUT2D eigenvalue weighted by molar-refractivity contribution is -0.170. The molecule has 0 bridgehead atoms. The zero-order chi connectivity index (χ0) is 28.5. The first-order valence-corrected chi connectivity index (χ1v) is 11.9. The van der Waals surface area contributed by atoms with Gasteiger partial charge in [-0.15, -0.1) is 0 Å². The summed E-state index contributed by atoms with van der Waals surface area (Å²) in [7, 11) is 0. The van der Waals surface area contributed by atoms with Crippen LogP contribution < -0.4 is 0 Å². The lowest BCUT2D eigenvalue weighted by Gasteiger charge is -2.21. The molecule has 0 fully saturated rings. The number of hydrogen-bond acceptors (Lipinski definition) is 8. The van der Waals surface area contributed by atoms with Gasteiger partial charge in [-0.3, -0.25) is 24.2 Å². The Balaban J connectivity index is 0.000000332. The molecule has 4 N–H and O–H groups in total. The van der Waals surface area contributed by atoms with Gasteiger partial charge in [0.2, 0.25) is 0 Å². The van der Waals surface area contributed by atoms with E-state index in [1.807, 2.05) is 30.5 Å². The van der Waals surface area contributed by atoms with Crippen molar-refractivity contribution in [2.24, 2.45) is 0 Å². The summed E-state index contributed by atoms with van der Waals surface area (Å²) in [5.41, 5.74) is 1.93. The normalized spacial score (nSPS) is 11.3. The van der Waals surface area contributed by atoms with Crippen LogP contribution in [0, 0.1) is 13.8 Å². The Hall–Kier alpha value is -4.03. The summed E-state index contributed by atoms with van der Waals surface area (Å²) < 4.78 is 7.67. The number of aliphatic carboxylic acids is 3. The molecule has 3 aromatic rings. The van der Waals surface area contributed by atoms with Gasteiger partial charge in [0, 0.05) is 36.6 Å². The van der Waals surface area contributed by atoms with Gasteiger partial charge in [0.1, 0.15) is 5.76 Å². The van der Waals surface area contributed by atoms with Gasteiger partial charge < -0.3 is 24.8 Å². The van der Waals surface area contributed by atoms with Crippen LogP contribution in [0.1, 0.15) is 61.1 Å². The topological polar surface area (TPSA) is 179 Å². The molecule has 0 atom stereocenters. The molecule has 0 aliphatic heterocycles. The number of rotatable bonds is 12. The van der Waals surface area contributed by atoms with E-state index in [4.69, 9.17) is 29.9 Å². The van der Waals surface area contributed by atoms with Crippen molar-refractivity contribution in [3.05, 3.63) is 71.2 Å². The Morgan fingerprint density at radius 1 is 1.00 bits per heavy atom. The Kier molecular flexibility index (Phi) is 10.7. The van der Waals surface area contributed by atoms with Gasteiger partial charge in [0.25, 0.3) is 0 Å². The molecule has 38 heavy (non-hydrogen) atoms. The first-order valence-electron chi connectivity index (χ1n) is 11.9. The summed E-state index contributed by atoms with van der Waals surface area (Å²) in [5, 5.41) is 38.5. The van der Waals surface area contributed by atoms with Crippen molar-refractivity contribution in [2.45, 2.75) is 71.8 Å². The molecule has 0 spiro atoms. The standard InChI is InChI=1S/C20H26N4O.C6H8O7/c1-15(2)24-17(4)20(16(3)22-24)14-23(13-19-9-7-11-25-19)12-18-8-5-6-10-21-18;7-3(8)1-6(13,5(11)12)2-4(9)10/h5-11,15H,12-14H2,1-4H3;13H,1-2H2,(H,7,8)(H,9,10)(H,11,12). The fraction of sp³-hybridized carbons (Fsp3) is 0.423. The highest BCUT2D eigenvalue weighted by Gasteiger charge is 2.40. The minimum Gasteiger partial charge on any atom is -0.481 e. The number of aromatic nitrogens is 3. The number of furan rings is 1. The van der Waals surface area contributed by atoms with E-state index in [1.54, 1.807) is 6.26 Å². The number of aryl methyl sites for hydroxylation is 1. The molecule has 0 radical (unpaired) electrons. The van der Waals surface area contributed by atoms with Crippen molar-refractivity contribution < 1.29 is 39.2 Å². The van der Waals surface area contributed by atoms with Crippen LogP contribution in [0.15, 0.2) is 47.2 Å². The third kappa shape index (κ3) is 8.82. The molecule has 0 aromatic carbocycles. The number of carboxylic acids is 3. The van der Waals surface area contributed by atoms with E-state index >= 15 is 0 Å². The van der Waals surface area contributed by atoms with Crippen LogP contribution in [0.4, 0.5) is 0 Å². The van der Waals surface area contributed by atoms with E-state index in [0.717, 1.165) is 36.8 Å². The number of carbonyl (C=O) groups is 3. The van der Waals surface area contributed by atoms with Crippen LogP contribution in [0.5, 0.6) is 0 Å². The largest absolute Gasteiger partial charge is 0.481 e. The number of pyridine rings is 1. The van der Waals surface area contributed by atoms with Gasteiger partial charge in [-0.1, -0.05) is 6.07 Å². The Bertz CT molecular complexity index is 1190. The van der Waals surface area contributed by atoms with Crippen LogP contribution >= 0.6 is 0 Å². The third-order valence-corrected chi connectivity index (χ3v) is 5.70. The minimum atomic E-state index is -2.74. The van der Waals surface area contributed by atoms with Gasteiger partial charge in [-0.2, -0.15) is 5.10 Å². The molecule has 0 saturated carbocycles. The lowest BCUT2D eigenvalue weighted by atomic mass is 9.96. The summed E-state index contributed by atoms with van der Waals surface area (Å²) in [4.78, 5) is 37.3. The predicted molar refractivity (Wildman–Crippen MR) is 135 cm³/mol. The summed E-state index contributed by atoms with van der Waals surface area (Å²) in [6.45, 7) is 10.9. The maximum absolute atomic E-state index is 10.3. The molecule has 3 heterocycles. The maximum Gasteiger partial charge on any atom is 0.336 e. The summed E-state index contributed by atoms with van der Waals surface area (Å²) in [6.07, 6.45) is 1.28. The molecule has 0 unspecified atom stereocenters. The molecule has 12 nitrogen and oxygen atoms in total. The van der Waals surface area contributed by atoms with E-state index in [0.29, 0.717) is 6.04 Å². The first kappa shape index (κ1) is 30.2. The molecule has 0 amide bonds. The van der Waals surface area contributed by atoms with Gasteiger partial charge in [0.05, 0.1) is 37.0 Å². The molecule has 3 rings (SSSR count). The van der Waals surface area contributed by atoms with Crippen molar-refractivity contribution in [2.75, 3.05) is 0 Å². The quantitative estimate of drug-likeness (QED) is 0.270. The molecule has 3 aromatic heterocycles. The van der Waals surface area contributed by atoms with Crippen molar-refractivity contribution in [1.29, 1.82) is 0 Å². The van der Waals surface area contributed by atoms with Crippen LogP contribution in [-0.4, -0.2) is 63.6 Å². The maximum atomic E-state index is 10.3. The van der Waals surface area contributed by atoms with Gasteiger partial charge in [-0.25, -0.2) is 4.79 Å². The van der Waals surface area contributed by atoms with Crippen LogP contribution in [-0.2, 0) is 34.0 Å². The second-order valence-corrected chi connectivity index (χ2v) is 9.21. The zero-order valence-electron chi connectivity index (χ0n) is 21.9. The van der Waals surface area contributed by atoms with E-state index in [2.05, 4.69) is 48.3 Å². The minimum absolute atomic E-state index is 0.363. The average molecular weight is 531 g/mol. The van der Waals surface area contributed by atoms with Gasteiger partial charge in [-0.05, 0) is 52.0 Å². The number of carboxylic acid groups (broad SMARTS) is 3. The smallest absolute Gasteiger partial charge is 0.336 e. The SMILES string of the molecule is Cc1nn(C(C)C)c(C)c1CN(Cc1ccccn1)Cc1ccco1.O=C(O)CC(O)(CC(=O)O)C(=O)O. The van der Waals surface area contributed by atoms with Gasteiger partial charge >= 0.3 is 17.9 Å². The van der Waals surface area contributed by atoms with Crippen molar-refractivity contribution in [3.63, 3.8) is 0 Å². The average Bonchev–Trinajstić information content (AvgIpc) is 3.42. The highest BCUT2D eigenvalue weighted by Crippen LogP contribution is 2.21. The van der Waals surface area contributed by atoms with Crippen LogP contribution in [0.25, 0.3) is 0 Å². The van der Waals surface area contributed by atoms with Crippen molar-refractivity contribution in [1.82, 2.24) is 19.7 Å². The van der Waals surface area contributed by atoms with Crippen LogP contribution in [0.3, 0.4) is 0 Å². The van der Waals surface area contributed by atoms with Gasteiger partial charge in [0.15, 0.2) is 5.60 Å². The second-order valence-electron chi connectivity index (χ2n) is 9.21. The molecule has 12 heteroatoms. The molecule has 0 aliphatic rings. The number of nitrogens with zero attached hydrogens (tertiary/aromatic N) is 4. The van der Waals surface area contributed by atoms with Crippen molar-refractivity contribution >= 4 is 17.9 Å². The van der Waals surface area contributed by atoms with Crippen LogP contribution in [0.2, 0.25) is 0 Å². The van der Waals surface area contributed by atoms with E-state index in [-0.39, 0.29) is 0 Å². The molecule has 0 saturated heterocycles. The van der Waals surface area contributed by atoms with E-state index < -0.39 is 36.4 Å². The van der Waals surface area contributed by atoms with Crippen molar-refractivity contribution in [3.8, 4) is 0 Å². The number of hydrogen-bond donors (Lipinski definition) is 4. The Morgan fingerprint density at radius 3 is 2.11 bits per heavy atom. The Labute approximate surface area is 220 Å². The molecule has 0 aliphatic carbocycles. The van der Waals surface area contributed by atoms with E-state index in [1.165, 1.54) is 11.3 Å². The highest BCUT2D eigenvalue weighted by atomic mass is 16.4. The zero-order valence-corrected chi connectivity index (χ0v) is 21.9. The fourth-order valence-electron chi connectivity index (χ4n) is 3.88. The van der Waals surface area contributed by atoms with E-state index in [9.17, 15) is 14.4 Å². The molecular weight excluding hydrogens is 496 g/mol. The summed E-state index contributed by atoms with van der Waals surface area (Å²) >= 11 is 0. The number of aliphatic hydroxyl groups is 1. The highest BCUT2D eigenvalue weighted by molar-refractivity contribution is 5.88. The predicted octanol–water partition coefficient (Wildman–Crippen LogP) is 3.02. The lowest BCUT2D eigenvalue weighted by Crippen LogP contribution is -2.42. The summed E-state index contributed by atoms with van der Waals surface area (Å²) in [6, 6.07) is 10.3. The third-order valence-electron chi connectivity index (χ3n) is 5.70. The Morgan fingerprint density at radius 2 is 1.66 bits per heavy atom. The molecular formula is C26H34N4O8. The monoisotopic (exact) mass is 530 g/mol.